The molecule has 2 rings (SSSR count). The molecule has 2 N–H and O–H groups in total. The van der Waals surface area contributed by atoms with Gasteiger partial charge in [0.25, 0.3) is 0 Å². The molecule has 0 saturated heterocycles. The molecule has 0 aliphatic rings. The molecule has 0 spiro atoms. The molecule has 0 heterocycles. The second-order valence-corrected chi connectivity index (χ2v) is 5.79. The van der Waals surface area contributed by atoms with Gasteiger partial charge in [-0.3, -0.25) is 0 Å². The topological polar surface area (TPSA) is 26.0 Å². The first-order chi connectivity index (χ1) is 8.70. The fourth-order valence-corrected chi connectivity index (χ4v) is 3.27. The number of benzene rings is 2. The lowest BCUT2D eigenvalue weighted by atomic mass is 10.1. The highest BCUT2D eigenvalue weighted by Crippen LogP contribution is 2.35. The molecule has 2 heteroatoms. The number of aryl methyl sites for hydroxylation is 2. The van der Waals surface area contributed by atoms with E-state index in [0.29, 0.717) is 11.8 Å². The van der Waals surface area contributed by atoms with Gasteiger partial charge < -0.3 is 5.73 Å². The third kappa shape index (κ3) is 3.15. The van der Waals surface area contributed by atoms with Gasteiger partial charge in [0.2, 0.25) is 0 Å². The van der Waals surface area contributed by atoms with E-state index in [4.69, 9.17) is 5.73 Å². The van der Waals surface area contributed by atoms with E-state index in [9.17, 15) is 0 Å². The lowest BCUT2D eigenvalue weighted by Crippen LogP contribution is -2.10. The summed E-state index contributed by atoms with van der Waals surface area (Å²) in [5, 5.41) is 0.327. The average molecular weight is 257 g/mol. The van der Waals surface area contributed by atoms with Crippen LogP contribution in [-0.4, -0.2) is 6.54 Å². The molecule has 2 aromatic carbocycles. The number of hydrogen-bond donors (Lipinski definition) is 1. The van der Waals surface area contributed by atoms with Crippen LogP contribution in [0.2, 0.25) is 0 Å². The van der Waals surface area contributed by atoms with E-state index >= 15 is 0 Å². The Morgan fingerprint density at radius 3 is 2.50 bits per heavy atom. The highest BCUT2D eigenvalue weighted by Gasteiger charge is 2.13. The molecule has 0 amide bonds. The molecule has 0 fully saturated rings. The molecule has 1 unspecified atom stereocenters. The minimum atomic E-state index is 0.327. The summed E-state index contributed by atoms with van der Waals surface area (Å²) in [7, 11) is 0. The molecule has 0 radical (unpaired) electrons. The summed E-state index contributed by atoms with van der Waals surface area (Å²) < 4.78 is 0. The highest BCUT2D eigenvalue weighted by atomic mass is 32.2. The second-order valence-electron chi connectivity index (χ2n) is 4.52. The average Bonchev–Trinajstić information content (AvgIpc) is 2.37. The molecule has 94 valence electrons. The largest absolute Gasteiger partial charge is 0.329 e. The van der Waals surface area contributed by atoms with Crippen LogP contribution >= 0.6 is 11.8 Å². The van der Waals surface area contributed by atoms with Crippen molar-refractivity contribution in [3.8, 4) is 0 Å². The molecule has 0 aliphatic carbocycles. The van der Waals surface area contributed by atoms with Crippen molar-refractivity contribution in [2.75, 3.05) is 6.54 Å². The predicted molar refractivity (Wildman–Crippen MR) is 80.0 cm³/mol. The van der Waals surface area contributed by atoms with Gasteiger partial charge in [-0.05, 0) is 37.1 Å². The van der Waals surface area contributed by atoms with Crippen LogP contribution in [0.3, 0.4) is 0 Å². The van der Waals surface area contributed by atoms with Crippen molar-refractivity contribution in [3.05, 3.63) is 65.2 Å². The van der Waals surface area contributed by atoms with Crippen LogP contribution in [0.15, 0.2) is 53.4 Å². The van der Waals surface area contributed by atoms with Crippen molar-refractivity contribution in [1.82, 2.24) is 0 Å². The van der Waals surface area contributed by atoms with Crippen LogP contribution in [0.25, 0.3) is 0 Å². The Kier molecular flexibility index (Phi) is 4.45. The highest BCUT2D eigenvalue weighted by molar-refractivity contribution is 7.99. The molecular weight excluding hydrogens is 238 g/mol. The van der Waals surface area contributed by atoms with Gasteiger partial charge in [0.05, 0.1) is 0 Å². The van der Waals surface area contributed by atoms with Gasteiger partial charge >= 0.3 is 0 Å². The monoisotopic (exact) mass is 257 g/mol. The zero-order valence-electron chi connectivity index (χ0n) is 10.9. The Balaban J connectivity index is 2.23. The van der Waals surface area contributed by atoms with Gasteiger partial charge in [-0.2, -0.15) is 0 Å². The SMILES string of the molecule is Cc1cccc(SC(CN)c2ccccc2C)c1. The van der Waals surface area contributed by atoms with Crippen LogP contribution in [0, 0.1) is 13.8 Å². The quantitative estimate of drug-likeness (QED) is 0.835. The number of thioether (sulfide) groups is 1. The first-order valence-electron chi connectivity index (χ1n) is 6.19. The molecular formula is C16H19NS. The third-order valence-corrected chi connectivity index (χ3v) is 4.27. The second kappa shape index (κ2) is 6.07. The Labute approximate surface area is 113 Å². The number of rotatable bonds is 4. The molecule has 0 aromatic heterocycles. The van der Waals surface area contributed by atoms with Crippen molar-refractivity contribution in [2.24, 2.45) is 5.73 Å². The van der Waals surface area contributed by atoms with Gasteiger partial charge in [0.15, 0.2) is 0 Å². The summed E-state index contributed by atoms with van der Waals surface area (Å²) in [4.78, 5) is 1.29. The van der Waals surface area contributed by atoms with Crippen LogP contribution < -0.4 is 5.73 Å². The maximum atomic E-state index is 5.94. The Bertz CT molecular complexity index is 522. The summed E-state index contributed by atoms with van der Waals surface area (Å²) in [6.07, 6.45) is 0. The summed E-state index contributed by atoms with van der Waals surface area (Å²) in [5.41, 5.74) is 9.88. The van der Waals surface area contributed by atoms with E-state index in [1.165, 1.54) is 21.6 Å². The van der Waals surface area contributed by atoms with Crippen molar-refractivity contribution in [2.45, 2.75) is 24.0 Å². The minimum absolute atomic E-state index is 0.327. The summed E-state index contributed by atoms with van der Waals surface area (Å²) in [6, 6.07) is 17.1. The fraction of sp³-hybridized carbons (Fsp3) is 0.250. The van der Waals surface area contributed by atoms with Crippen LogP contribution in [0.5, 0.6) is 0 Å². The molecule has 0 bridgehead atoms. The van der Waals surface area contributed by atoms with Crippen LogP contribution in [-0.2, 0) is 0 Å². The summed E-state index contributed by atoms with van der Waals surface area (Å²) >= 11 is 1.85. The Morgan fingerprint density at radius 2 is 1.83 bits per heavy atom. The maximum Gasteiger partial charge on any atom is 0.0469 e. The molecule has 0 aliphatic heterocycles. The van der Waals surface area contributed by atoms with Crippen molar-refractivity contribution in [1.29, 1.82) is 0 Å². The van der Waals surface area contributed by atoms with Crippen LogP contribution in [0.4, 0.5) is 0 Å². The van der Waals surface area contributed by atoms with E-state index in [1.54, 1.807) is 0 Å². The lowest BCUT2D eigenvalue weighted by molar-refractivity contribution is 0.931. The van der Waals surface area contributed by atoms with Crippen LogP contribution in [0.1, 0.15) is 21.9 Å². The van der Waals surface area contributed by atoms with Crippen molar-refractivity contribution in [3.63, 3.8) is 0 Å². The summed E-state index contributed by atoms with van der Waals surface area (Å²) in [5.74, 6) is 0. The number of hydrogen-bond acceptors (Lipinski definition) is 2. The molecule has 2 aromatic rings. The van der Waals surface area contributed by atoms with Gasteiger partial charge in [-0.1, -0.05) is 42.0 Å². The van der Waals surface area contributed by atoms with Gasteiger partial charge in [0, 0.05) is 16.7 Å². The zero-order chi connectivity index (χ0) is 13.0. The zero-order valence-corrected chi connectivity index (χ0v) is 11.7. The molecule has 18 heavy (non-hydrogen) atoms. The normalized spacial score (nSPS) is 12.4. The Hall–Kier alpha value is -1.25. The maximum absolute atomic E-state index is 5.94. The van der Waals surface area contributed by atoms with E-state index in [-0.39, 0.29) is 0 Å². The molecule has 0 saturated carbocycles. The minimum Gasteiger partial charge on any atom is -0.329 e. The first kappa shape index (κ1) is 13.2. The third-order valence-electron chi connectivity index (χ3n) is 3.02. The van der Waals surface area contributed by atoms with Crippen molar-refractivity contribution >= 4 is 11.8 Å². The molecule has 1 nitrogen and oxygen atoms in total. The Morgan fingerprint density at radius 1 is 1.06 bits per heavy atom. The van der Waals surface area contributed by atoms with Crippen molar-refractivity contribution < 1.29 is 0 Å². The predicted octanol–water partition coefficient (Wildman–Crippen LogP) is 4.10. The smallest absolute Gasteiger partial charge is 0.0469 e. The van der Waals surface area contributed by atoms with E-state index < -0.39 is 0 Å². The first-order valence-corrected chi connectivity index (χ1v) is 7.07. The van der Waals surface area contributed by atoms with Gasteiger partial charge in [0.1, 0.15) is 0 Å². The van der Waals surface area contributed by atoms with E-state index in [0.717, 1.165) is 0 Å². The lowest BCUT2D eigenvalue weighted by Gasteiger charge is -2.17. The standard InChI is InChI=1S/C16H19NS/c1-12-6-5-8-14(10-12)18-16(11-17)15-9-4-3-7-13(15)2/h3-10,16H,11,17H2,1-2H3. The van der Waals surface area contributed by atoms with E-state index in [1.807, 2.05) is 11.8 Å². The van der Waals surface area contributed by atoms with E-state index in [2.05, 4.69) is 62.4 Å². The van der Waals surface area contributed by atoms with Gasteiger partial charge in [-0.25, -0.2) is 0 Å². The van der Waals surface area contributed by atoms with Gasteiger partial charge in [-0.15, -0.1) is 11.8 Å². The fourth-order valence-electron chi connectivity index (χ4n) is 2.04. The summed E-state index contributed by atoms with van der Waals surface area (Å²) in [6.45, 7) is 4.92. The molecule has 1 atom stereocenters. The number of nitrogens with two attached hydrogens (primary N) is 1.